The van der Waals surface area contributed by atoms with Crippen LogP contribution in [0.5, 0.6) is 5.75 Å². The highest BCUT2D eigenvalue weighted by Crippen LogP contribution is 2.29. The summed E-state index contributed by atoms with van der Waals surface area (Å²) in [6.07, 6.45) is 1.48. The molecule has 1 aliphatic rings. The van der Waals surface area contributed by atoms with Gasteiger partial charge in [0.15, 0.2) is 0 Å². The minimum absolute atomic E-state index is 0.0898. The molecule has 0 atom stereocenters. The van der Waals surface area contributed by atoms with E-state index in [-0.39, 0.29) is 17.5 Å². The smallest absolute Gasteiger partial charge is 0.266 e. The SMILES string of the molecule is COc1ccc(N/C=C(/C#N)C(=O)N2CCN(C(c3ccccc3)c3ccccc3)CC2)cc1. The zero-order chi connectivity index (χ0) is 23.8. The molecule has 3 aromatic rings. The standard InChI is InChI=1S/C28H28N4O2/c1-34-26-14-12-25(13-15-26)30-21-24(20-29)28(33)32-18-16-31(17-19-32)27(22-8-4-2-5-9-22)23-10-6-3-7-11-23/h2-15,21,27,30H,16-19H2,1H3/b24-21-. The van der Waals surface area contributed by atoms with Crippen molar-refractivity contribution in [1.29, 1.82) is 5.26 Å². The molecule has 0 aromatic heterocycles. The van der Waals surface area contributed by atoms with Crippen molar-refractivity contribution in [3.8, 4) is 11.8 Å². The highest BCUT2D eigenvalue weighted by atomic mass is 16.5. The second-order valence-corrected chi connectivity index (χ2v) is 8.09. The summed E-state index contributed by atoms with van der Waals surface area (Å²) in [6.45, 7) is 2.59. The Bertz CT molecular complexity index is 1110. The number of nitrogens with zero attached hydrogens (tertiary/aromatic N) is 3. The number of rotatable bonds is 7. The van der Waals surface area contributed by atoms with Crippen LogP contribution in [0, 0.1) is 11.3 Å². The maximum absolute atomic E-state index is 13.0. The van der Waals surface area contributed by atoms with Crippen LogP contribution in [0.1, 0.15) is 17.2 Å². The molecule has 172 valence electrons. The maximum atomic E-state index is 13.0. The molecule has 1 saturated heterocycles. The summed E-state index contributed by atoms with van der Waals surface area (Å²) in [5, 5.41) is 12.6. The number of benzene rings is 3. The van der Waals surface area contributed by atoms with E-state index < -0.39 is 0 Å². The van der Waals surface area contributed by atoms with Crippen molar-refractivity contribution in [2.75, 3.05) is 38.6 Å². The van der Waals surface area contributed by atoms with Crippen LogP contribution in [0.2, 0.25) is 0 Å². The fourth-order valence-corrected chi connectivity index (χ4v) is 4.22. The highest BCUT2D eigenvalue weighted by molar-refractivity contribution is 5.97. The van der Waals surface area contributed by atoms with E-state index in [0.717, 1.165) is 24.5 Å². The number of methoxy groups -OCH3 is 1. The number of amides is 1. The molecule has 6 heteroatoms. The van der Waals surface area contributed by atoms with E-state index in [9.17, 15) is 10.1 Å². The summed E-state index contributed by atoms with van der Waals surface area (Å²) >= 11 is 0. The average Bonchev–Trinajstić information content (AvgIpc) is 2.91. The minimum Gasteiger partial charge on any atom is -0.497 e. The number of nitriles is 1. The maximum Gasteiger partial charge on any atom is 0.266 e. The number of ether oxygens (including phenoxy) is 1. The fraction of sp³-hybridized carbons (Fsp3) is 0.214. The molecule has 1 aliphatic heterocycles. The van der Waals surface area contributed by atoms with Crippen LogP contribution >= 0.6 is 0 Å². The van der Waals surface area contributed by atoms with E-state index in [1.807, 2.05) is 42.5 Å². The third kappa shape index (κ3) is 5.45. The Labute approximate surface area is 200 Å². The van der Waals surface area contributed by atoms with Gasteiger partial charge < -0.3 is 15.0 Å². The first-order chi connectivity index (χ1) is 16.7. The van der Waals surface area contributed by atoms with E-state index in [4.69, 9.17) is 4.74 Å². The van der Waals surface area contributed by atoms with Crippen molar-refractivity contribution in [2.45, 2.75) is 6.04 Å². The van der Waals surface area contributed by atoms with Gasteiger partial charge in [-0.1, -0.05) is 60.7 Å². The monoisotopic (exact) mass is 452 g/mol. The molecular weight excluding hydrogens is 424 g/mol. The van der Waals surface area contributed by atoms with Crippen LogP contribution < -0.4 is 10.1 Å². The fourth-order valence-electron chi connectivity index (χ4n) is 4.22. The van der Waals surface area contributed by atoms with Crippen molar-refractivity contribution in [3.05, 3.63) is 108 Å². The van der Waals surface area contributed by atoms with E-state index in [1.54, 1.807) is 12.0 Å². The lowest BCUT2D eigenvalue weighted by atomic mass is 9.96. The molecule has 0 spiro atoms. The lowest BCUT2D eigenvalue weighted by Crippen LogP contribution is -2.50. The van der Waals surface area contributed by atoms with Crippen molar-refractivity contribution in [2.24, 2.45) is 0 Å². The molecule has 4 rings (SSSR count). The zero-order valence-corrected chi connectivity index (χ0v) is 19.2. The number of hydrogen-bond donors (Lipinski definition) is 1. The van der Waals surface area contributed by atoms with Gasteiger partial charge in [0.1, 0.15) is 17.4 Å². The van der Waals surface area contributed by atoms with Gasteiger partial charge in [-0.05, 0) is 35.4 Å². The number of carbonyl (C=O) groups excluding carboxylic acids is 1. The van der Waals surface area contributed by atoms with Gasteiger partial charge in [-0.25, -0.2) is 0 Å². The Hall–Kier alpha value is -4.08. The second kappa shape index (κ2) is 11.2. The van der Waals surface area contributed by atoms with Crippen LogP contribution in [0.15, 0.2) is 96.7 Å². The molecule has 1 heterocycles. The van der Waals surface area contributed by atoms with Gasteiger partial charge >= 0.3 is 0 Å². The predicted molar refractivity (Wildman–Crippen MR) is 133 cm³/mol. The topological polar surface area (TPSA) is 68.6 Å². The molecule has 0 radical (unpaired) electrons. The number of hydrogen-bond acceptors (Lipinski definition) is 5. The van der Waals surface area contributed by atoms with Crippen molar-refractivity contribution < 1.29 is 9.53 Å². The predicted octanol–water partition coefficient (Wildman–Crippen LogP) is 4.45. The molecule has 34 heavy (non-hydrogen) atoms. The van der Waals surface area contributed by atoms with E-state index in [2.05, 4.69) is 58.7 Å². The molecule has 0 saturated carbocycles. The van der Waals surface area contributed by atoms with Crippen LogP contribution in [0.4, 0.5) is 5.69 Å². The number of anilines is 1. The number of nitrogens with one attached hydrogen (secondary N) is 1. The Morgan fingerprint density at radius 2 is 1.47 bits per heavy atom. The lowest BCUT2D eigenvalue weighted by Gasteiger charge is -2.39. The lowest BCUT2D eigenvalue weighted by molar-refractivity contribution is -0.128. The second-order valence-electron chi connectivity index (χ2n) is 8.09. The van der Waals surface area contributed by atoms with Crippen LogP contribution in [-0.4, -0.2) is 49.0 Å². The summed E-state index contributed by atoms with van der Waals surface area (Å²) in [6, 6.07) is 30.4. The van der Waals surface area contributed by atoms with Gasteiger partial charge in [-0.3, -0.25) is 9.69 Å². The third-order valence-corrected chi connectivity index (χ3v) is 6.02. The summed E-state index contributed by atoms with van der Waals surface area (Å²) < 4.78 is 5.16. The minimum atomic E-state index is -0.251. The van der Waals surface area contributed by atoms with Crippen LogP contribution in [-0.2, 0) is 4.79 Å². The molecule has 1 fully saturated rings. The average molecular weight is 453 g/mol. The van der Waals surface area contributed by atoms with Gasteiger partial charge in [0.25, 0.3) is 5.91 Å². The third-order valence-electron chi connectivity index (χ3n) is 6.02. The van der Waals surface area contributed by atoms with E-state index in [1.165, 1.54) is 17.3 Å². The molecule has 0 aliphatic carbocycles. The normalized spacial score (nSPS) is 14.5. The molecule has 1 amide bonds. The Kier molecular flexibility index (Phi) is 7.59. The number of piperazine rings is 1. The van der Waals surface area contributed by atoms with Crippen molar-refractivity contribution in [3.63, 3.8) is 0 Å². The molecule has 0 unspecified atom stereocenters. The number of carbonyl (C=O) groups is 1. The van der Waals surface area contributed by atoms with Crippen molar-refractivity contribution in [1.82, 2.24) is 9.80 Å². The Morgan fingerprint density at radius 1 is 0.912 bits per heavy atom. The van der Waals surface area contributed by atoms with Gasteiger partial charge in [-0.15, -0.1) is 0 Å². The summed E-state index contributed by atoms with van der Waals surface area (Å²) in [7, 11) is 1.61. The Balaban J connectivity index is 1.43. The van der Waals surface area contributed by atoms with Crippen LogP contribution in [0.25, 0.3) is 0 Å². The first-order valence-corrected chi connectivity index (χ1v) is 11.3. The van der Waals surface area contributed by atoms with Gasteiger partial charge in [0, 0.05) is 38.1 Å². The summed E-state index contributed by atoms with van der Waals surface area (Å²) in [5.74, 6) is 0.493. The summed E-state index contributed by atoms with van der Waals surface area (Å²) in [5.41, 5.74) is 3.33. The van der Waals surface area contributed by atoms with E-state index in [0.29, 0.717) is 13.1 Å². The first kappa shape index (κ1) is 23.1. The molecule has 1 N–H and O–H groups in total. The first-order valence-electron chi connectivity index (χ1n) is 11.3. The van der Waals surface area contributed by atoms with Crippen LogP contribution in [0.3, 0.4) is 0 Å². The van der Waals surface area contributed by atoms with Crippen molar-refractivity contribution >= 4 is 11.6 Å². The molecular formula is C28H28N4O2. The van der Waals surface area contributed by atoms with Gasteiger partial charge in [0.05, 0.1) is 13.2 Å². The quantitative estimate of drug-likeness (QED) is 0.424. The highest BCUT2D eigenvalue weighted by Gasteiger charge is 2.29. The molecule has 3 aromatic carbocycles. The largest absolute Gasteiger partial charge is 0.497 e. The van der Waals surface area contributed by atoms with Gasteiger partial charge in [0.2, 0.25) is 0 Å². The summed E-state index contributed by atoms with van der Waals surface area (Å²) in [4.78, 5) is 17.2. The van der Waals surface area contributed by atoms with Gasteiger partial charge in [-0.2, -0.15) is 5.26 Å². The Morgan fingerprint density at radius 3 is 1.97 bits per heavy atom. The van der Waals surface area contributed by atoms with E-state index >= 15 is 0 Å². The molecule has 6 nitrogen and oxygen atoms in total. The molecule has 0 bridgehead atoms. The zero-order valence-electron chi connectivity index (χ0n) is 19.2.